The van der Waals surface area contributed by atoms with Gasteiger partial charge in [0.1, 0.15) is 0 Å². The molecular weight excluding hydrogens is 268 g/mol. The van der Waals surface area contributed by atoms with Gasteiger partial charge in [-0.25, -0.2) is 18.9 Å². The molecule has 102 valence electrons. The molecule has 6 heteroatoms. The van der Waals surface area contributed by atoms with Crippen molar-refractivity contribution >= 4 is 16.7 Å². The highest BCUT2D eigenvalue weighted by atomic mass is 16.2. The summed E-state index contributed by atoms with van der Waals surface area (Å²) in [7, 11) is 0. The molecule has 0 bridgehead atoms. The Balaban J connectivity index is 2.33. The molecule has 21 heavy (non-hydrogen) atoms. The molecular formula is C15H10N4O2. The summed E-state index contributed by atoms with van der Waals surface area (Å²) in [6.45, 7) is 0. The van der Waals surface area contributed by atoms with E-state index in [1.165, 1.54) is 8.97 Å². The molecule has 0 atom stereocenters. The summed E-state index contributed by atoms with van der Waals surface area (Å²) < 4.78 is 2.84. The third-order valence-corrected chi connectivity index (χ3v) is 3.45. The van der Waals surface area contributed by atoms with Gasteiger partial charge in [-0.05, 0) is 24.3 Å². The lowest BCUT2D eigenvalue weighted by Crippen LogP contribution is -2.24. The molecule has 0 aliphatic rings. The molecule has 0 aliphatic carbocycles. The van der Waals surface area contributed by atoms with E-state index in [1.807, 2.05) is 18.2 Å². The highest BCUT2D eigenvalue weighted by molar-refractivity contribution is 5.80. The van der Waals surface area contributed by atoms with Crippen molar-refractivity contribution in [1.82, 2.24) is 19.2 Å². The predicted molar refractivity (Wildman–Crippen MR) is 78.9 cm³/mol. The van der Waals surface area contributed by atoms with E-state index in [0.717, 1.165) is 0 Å². The molecule has 2 heterocycles. The van der Waals surface area contributed by atoms with Crippen LogP contribution in [0.1, 0.15) is 0 Å². The highest BCUT2D eigenvalue weighted by Crippen LogP contribution is 2.13. The summed E-state index contributed by atoms with van der Waals surface area (Å²) >= 11 is 0. The Hall–Kier alpha value is -3.15. The quantitative estimate of drug-likeness (QED) is 0.571. The summed E-state index contributed by atoms with van der Waals surface area (Å²) in [6.07, 6.45) is 0. The second kappa shape index (κ2) is 4.17. The lowest BCUT2D eigenvalue weighted by Gasteiger charge is -2.09. The Morgan fingerprint density at radius 1 is 0.905 bits per heavy atom. The van der Waals surface area contributed by atoms with Crippen molar-refractivity contribution < 1.29 is 0 Å². The molecule has 4 rings (SSSR count). The van der Waals surface area contributed by atoms with Gasteiger partial charge in [0, 0.05) is 0 Å². The van der Waals surface area contributed by atoms with Crippen LogP contribution in [0.5, 0.6) is 0 Å². The first kappa shape index (κ1) is 11.7. The van der Waals surface area contributed by atoms with Crippen LogP contribution in [0.3, 0.4) is 0 Å². The monoisotopic (exact) mass is 278 g/mol. The van der Waals surface area contributed by atoms with Crippen LogP contribution in [0, 0.1) is 0 Å². The van der Waals surface area contributed by atoms with Crippen LogP contribution in [0.2, 0.25) is 0 Å². The summed E-state index contributed by atoms with van der Waals surface area (Å²) in [5, 5.41) is 6.87. The number of rotatable bonds is 1. The van der Waals surface area contributed by atoms with E-state index in [4.69, 9.17) is 0 Å². The summed E-state index contributed by atoms with van der Waals surface area (Å²) in [6, 6.07) is 16.1. The maximum Gasteiger partial charge on any atom is 0.349 e. The Morgan fingerprint density at radius 3 is 2.43 bits per heavy atom. The number of nitrogens with zero attached hydrogens (tertiary/aromatic N) is 3. The number of fused-ring (bicyclic) bond motifs is 3. The normalized spacial score (nSPS) is 11.2. The predicted octanol–water partition coefficient (Wildman–Crippen LogP) is 1.33. The van der Waals surface area contributed by atoms with E-state index in [0.29, 0.717) is 16.6 Å². The first-order valence-corrected chi connectivity index (χ1v) is 6.44. The van der Waals surface area contributed by atoms with Crippen LogP contribution in [0.25, 0.3) is 22.4 Å². The van der Waals surface area contributed by atoms with Gasteiger partial charge in [0.25, 0.3) is 5.56 Å². The minimum Gasteiger partial charge on any atom is -0.268 e. The molecule has 1 N–H and O–H groups in total. The van der Waals surface area contributed by atoms with Gasteiger partial charge in [0.2, 0.25) is 5.78 Å². The van der Waals surface area contributed by atoms with Crippen LogP contribution in [-0.4, -0.2) is 19.2 Å². The van der Waals surface area contributed by atoms with E-state index in [9.17, 15) is 9.59 Å². The third-order valence-electron chi connectivity index (χ3n) is 3.45. The lowest BCUT2D eigenvalue weighted by atomic mass is 10.2. The van der Waals surface area contributed by atoms with E-state index in [-0.39, 0.29) is 17.0 Å². The number of benzene rings is 2. The topological polar surface area (TPSA) is 72.2 Å². The van der Waals surface area contributed by atoms with Crippen molar-refractivity contribution in [2.45, 2.75) is 0 Å². The van der Waals surface area contributed by atoms with Crippen LogP contribution in [-0.2, 0) is 0 Å². The summed E-state index contributed by atoms with van der Waals surface area (Å²) in [5.74, 6) is 0.273. The maximum absolute atomic E-state index is 12.7. The van der Waals surface area contributed by atoms with Gasteiger partial charge in [0.05, 0.1) is 16.6 Å². The summed E-state index contributed by atoms with van der Waals surface area (Å²) in [4.78, 5) is 24.8. The molecule has 2 aromatic heterocycles. The number of hydrogen-bond acceptors (Lipinski definition) is 3. The molecule has 6 nitrogen and oxygen atoms in total. The molecule has 0 amide bonds. The Labute approximate surface area is 117 Å². The average Bonchev–Trinajstić information content (AvgIpc) is 2.91. The van der Waals surface area contributed by atoms with E-state index in [1.54, 1.807) is 36.4 Å². The van der Waals surface area contributed by atoms with Crippen LogP contribution >= 0.6 is 0 Å². The van der Waals surface area contributed by atoms with Gasteiger partial charge in [0.15, 0.2) is 0 Å². The largest absolute Gasteiger partial charge is 0.349 e. The van der Waals surface area contributed by atoms with Crippen molar-refractivity contribution in [3.63, 3.8) is 0 Å². The summed E-state index contributed by atoms with van der Waals surface area (Å²) in [5.41, 5.74) is 0.634. The molecule has 4 aromatic rings. The standard InChI is InChI=1S/C15H10N4O2/c20-13-11-8-4-5-9-12(11)19-14(16-17-15(19)21)18(13)10-6-2-1-3-7-10/h1-9H,(H,17,21). The second-order valence-electron chi connectivity index (χ2n) is 4.66. The molecule has 0 aliphatic heterocycles. The Bertz CT molecular complexity index is 1070. The zero-order valence-electron chi connectivity index (χ0n) is 10.9. The second-order valence-corrected chi connectivity index (χ2v) is 4.66. The van der Waals surface area contributed by atoms with Crippen LogP contribution < -0.4 is 11.2 Å². The first-order chi connectivity index (χ1) is 10.3. The van der Waals surface area contributed by atoms with Gasteiger partial charge in [-0.1, -0.05) is 30.3 Å². The van der Waals surface area contributed by atoms with Crippen molar-refractivity contribution in [1.29, 1.82) is 0 Å². The van der Waals surface area contributed by atoms with Crippen molar-refractivity contribution in [2.75, 3.05) is 0 Å². The molecule has 0 radical (unpaired) electrons. The van der Waals surface area contributed by atoms with Gasteiger partial charge in [-0.15, -0.1) is 5.10 Å². The minimum atomic E-state index is -0.370. The van der Waals surface area contributed by atoms with Gasteiger partial charge in [-0.3, -0.25) is 4.79 Å². The van der Waals surface area contributed by atoms with Gasteiger partial charge >= 0.3 is 5.69 Å². The zero-order valence-corrected chi connectivity index (χ0v) is 10.9. The highest BCUT2D eigenvalue weighted by Gasteiger charge is 2.14. The van der Waals surface area contributed by atoms with Crippen molar-refractivity contribution in [3.05, 3.63) is 75.4 Å². The Kier molecular flexibility index (Phi) is 2.32. The fourth-order valence-electron chi connectivity index (χ4n) is 2.53. The Morgan fingerprint density at radius 2 is 1.62 bits per heavy atom. The SMILES string of the molecule is O=c1c2ccccc2n2c(=O)[nH]nc2n1-c1ccccc1. The molecule has 0 unspecified atom stereocenters. The fourth-order valence-corrected chi connectivity index (χ4v) is 2.53. The molecule has 0 spiro atoms. The number of aromatic amines is 1. The van der Waals surface area contributed by atoms with Crippen LogP contribution in [0.4, 0.5) is 0 Å². The lowest BCUT2D eigenvalue weighted by molar-refractivity contribution is 0.965. The number of H-pyrrole nitrogens is 1. The van der Waals surface area contributed by atoms with Crippen molar-refractivity contribution in [2.24, 2.45) is 0 Å². The number of aromatic nitrogens is 4. The van der Waals surface area contributed by atoms with E-state index < -0.39 is 0 Å². The van der Waals surface area contributed by atoms with E-state index >= 15 is 0 Å². The molecule has 2 aromatic carbocycles. The van der Waals surface area contributed by atoms with Crippen LogP contribution in [0.15, 0.2) is 64.2 Å². The fraction of sp³-hybridized carbons (Fsp3) is 0. The molecule has 0 fully saturated rings. The van der Waals surface area contributed by atoms with E-state index in [2.05, 4.69) is 10.2 Å². The molecule has 0 saturated heterocycles. The maximum atomic E-state index is 12.7. The van der Waals surface area contributed by atoms with Gasteiger partial charge < -0.3 is 0 Å². The number of para-hydroxylation sites is 2. The average molecular weight is 278 g/mol. The smallest absolute Gasteiger partial charge is 0.268 e. The van der Waals surface area contributed by atoms with Gasteiger partial charge in [-0.2, -0.15) is 0 Å². The first-order valence-electron chi connectivity index (χ1n) is 6.44. The third kappa shape index (κ3) is 1.56. The zero-order chi connectivity index (χ0) is 14.4. The number of hydrogen-bond donors (Lipinski definition) is 1. The molecule has 0 saturated carbocycles. The number of nitrogens with one attached hydrogen (secondary N) is 1. The van der Waals surface area contributed by atoms with Crippen molar-refractivity contribution in [3.8, 4) is 5.69 Å². The minimum absolute atomic E-state index is 0.205.